The number of rotatable bonds is 7. The zero-order valence-electron chi connectivity index (χ0n) is 14.1. The van der Waals surface area contributed by atoms with Gasteiger partial charge in [-0.05, 0) is 43.5 Å². The van der Waals surface area contributed by atoms with Gasteiger partial charge in [-0.3, -0.25) is 9.69 Å². The van der Waals surface area contributed by atoms with Crippen molar-refractivity contribution in [3.05, 3.63) is 29.8 Å². The third kappa shape index (κ3) is 5.22. The molecule has 1 aliphatic rings. The molecule has 0 radical (unpaired) electrons. The number of nitrogens with zero attached hydrogens (tertiary/aromatic N) is 1. The number of likely N-dealkylation sites (tertiary alicyclic amines) is 1. The maximum atomic E-state index is 12.2. The number of nitrogens with one attached hydrogen (secondary N) is 1. The molecule has 1 fully saturated rings. The monoisotopic (exact) mass is 320 g/mol. The van der Waals surface area contributed by atoms with E-state index in [9.17, 15) is 9.90 Å². The Balaban J connectivity index is 1.82. The number of amides is 1. The summed E-state index contributed by atoms with van der Waals surface area (Å²) in [7, 11) is 1.64. The Morgan fingerprint density at radius 3 is 2.78 bits per heavy atom. The molecule has 1 heterocycles. The van der Waals surface area contributed by atoms with Crippen molar-refractivity contribution < 1.29 is 14.6 Å². The minimum Gasteiger partial charge on any atom is -0.497 e. The first kappa shape index (κ1) is 17.8. The molecule has 1 aromatic carbocycles. The van der Waals surface area contributed by atoms with Crippen LogP contribution >= 0.6 is 0 Å². The number of carbonyl (C=O) groups excluding carboxylic acids is 1. The van der Waals surface area contributed by atoms with Crippen LogP contribution < -0.4 is 10.1 Å². The summed E-state index contributed by atoms with van der Waals surface area (Å²) in [5.41, 5.74) is 1.04. The number of aliphatic hydroxyl groups excluding tert-OH is 1. The highest BCUT2D eigenvalue weighted by Crippen LogP contribution is 2.21. The van der Waals surface area contributed by atoms with E-state index in [4.69, 9.17) is 4.74 Å². The third-order valence-electron chi connectivity index (χ3n) is 4.52. The van der Waals surface area contributed by atoms with Gasteiger partial charge in [0.15, 0.2) is 0 Å². The minimum absolute atomic E-state index is 0.0102. The number of benzene rings is 1. The van der Waals surface area contributed by atoms with E-state index in [0.29, 0.717) is 13.1 Å². The second-order valence-corrected chi connectivity index (χ2v) is 6.13. The normalized spacial score (nSPS) is 20.0. The first-order chi connectivity index (χ1) is 11.1. The number of carbonyl (C=O) groups is 1. The Kier molecular flexibility index (Phi) is 6.86. The lowest BCUT2D eigenvalue weighted by atomic mass is 9.96. The predicted octanol–water partition coefficient (Wildman–Crippen LogP) is 1.94. The van der Waals surface area contributed by atoms with Gasteiger partial charge in [-0.1, -0.05) is 25.5 Å². The Bertz CT molecular complexity index is 490. The van der Waals surface area contributed by atoms with Crippen molar-refractivity contribution in [3.63, 3.8) is 0 Å². The van der Waals surface area contributed by atoms with Gasteiger partial charge < -0.3 is 15.2 Å². The highest BCUT2D eigenvalue weighted by Gasteiger charge is 2.28. The van der Waals surface area contributed by atoms with E-state index in [0.717, 1.165) is 43.5 Å². The SMILES string of the molecule is CCC(O)C1CCCCN1CC(=O)NCc1ccc(OC)cc1. The maximum absolute atomic E-state index is 12.2. The molecule has 1 aliphatic heterocycles. The largest absolute Gasteiger partial charge is 0.497 e. The van der Waals surface area contributed by atoms with Crippen LogP contribution in [0.15, 0.2) is 24.3 Å². The van der Waals surface area contributed by atoms with E-state index < -0.39 is 0 Å². The zero-order chi connectivity index (χ0) is 16.7. The average Bonchev–Trinajstić information content (AvgIpc) is 2.60. The Labute approximate surface area is 138 Å². The molecule has 2 unspecified atom stereocenters. The van der Waals surface area contributed by atoms with Crippen LogP contribution in [0.1, 0.15) is 38.2 Å². The van der Waals surface area contributed by atoms with Gasteiger partial charge in [-0.15, -0.1) is 0 Å². The first-order valence-corrected chi connectivity index (χ1v) is 8.45. The second-order valence-electron chi connectivity index (χ2n) is 6.13. The number of piperidine rings is 1. The molecule has 5 nitrogen and oxygen atoms in total. The smallest absolute Gasteiger partial charge is 0.234 e. The fourth-order valence-corrected chi connectivity index (χ4v) is 3.11. The van der Waals surface area contributed by atoms with Crippen LogP contribution in [0.4, 0.5) is 0 Å². The van der Waals surface area contributed by atoms with Gasteiger partial charge in [0.1, 0.15) is 5.75 Å². The van der Waals surface area contributed by atoms with Crippen LogP contribution in [0.3, 0.4) is 0 Å². The summed E-state index contributed by atoms with van der Waals surface area (Å²) < 4.78 is 5.12. The van der Waals surface area contributed by atoms with Crippen LogP contribution in [0.2, 0.25) is 0 Å². The molecule has 1 saturated heterocycles. The van der Waals surface area contributed by atoms with Gasteiger partial charge in [0.25, 0.3) is 0 Å². The van der Waals surface area contributed by atoms with Gasteiger partial charge >= 0.3 is 0 Å². The molecule has 0 spiro atoms. The number of ether oxygens (including phenoxy) is 1. The highest BCUT2D eigenvalue weighted by atomic mass is 16.5. The van der Waals surface area contributed by atoms with Gasteiger partial charge in [-0.25, -0.2) is 0 Å². The molecule has 128 valence electrons. The van der Waals surface area contributed by atoms with Crippen molar-refractivity contribution in [2.75, 3.05) is 20.2 Å². The highest BCUT2D eigenvalue weighted by molar-refractivity contribution is 5.78. The molecule has 1 aromatic rings. The third-order valence-corrected chi connectivity index (χ3v) is 4.52. The quantitative estimate of drug-likeness (QED) is 0.806. The predicted molar refractivity (Wildman–Crippen MR) is 90.4 cm³/mol. The zero-order valence-corrected chi connectivity index (χ0v) is 14.1. The summed E-state index contributed by atoms with van der Waals surface area (Å²) in [6.07, 6.45) is 3.59. The lowest BCUT2D eigenvalue weighted by Gasteiger charge is -2.37. The molecule has 0 bridgehead atoms. The van der Waals surface area contributed by atoms with Gasteiger partial charge in [-0.2, -0.15) is 0 Å². The van der Waals surface area contributed by atoms with E-state index in [1.807, 2.05) is 31.2 Å². The average molecular weight is 320 g/mol. The molecule has 5 heteroatoms. The Morgan fingerprint density at radius 1 is 1.39 bits per heavy atom. The standard InChI is InChI=1S/C18H28N2O3/c1-3-17(21)16-6-4-5-11-20(16)13-18(22)19-12-14-7-9-15(23-2)10-8-14/h7-10,16-17,21H,3-6,11-13H2,1-2H3,(H,19,22). The van der Waals surface area contributed by atoms with Crippen molar-refractivity contribution in [2.24, 2.45) is 0 Å². The van der Waals surface area contributed by atoms with Crippen LogP contribution in [-0.4, -0.2) is 48.3 Å². The van der Waals surface area contributed by atoms with Gasteiger partial charge in [0, 0.05) is 12.6 Å². The fourth-order valence-electron chi connectivity index (χ4n) is 3.11. The van der Waals surface area contributed by atoms with E-state index in [2.05, 4.69) is 10.2 Å². The van der Waals surface area contributed by atoms with E-state index in [1.165, 1.54) is 0 Å². The molecule has 1 amide bonds. The van der Waals surface area contributed by atoms with Crippen molar-refractivity contribution >= 4 is 5.91 Å². The molecule has 0 saturated carbocycles. The number of hydrogen-bond donors (Lipinski definition) is 2. The van der Waals surface area contributed by atoms with Gasteiger partial charge in [0.2, 0.25) is 5.91 Å². The second kappa shape index (κ2) is 8.89. The van der Waals surface area contributed by atoms with Gasteiger partial charge in [0.05, 0.1) is 19.8 Å². The summed E-state index contributed by atoms with van der Waals surface area (Å²) in [5.74, 6) is 0.820. The molecule has 2 rings (SSSR count). The molecule has 23 heavy (non-hydrogen) atoms. The summed E-state index contributed by atoms with van der Waals surface area (Å²) in [5, 5.41) is 13.1. The summed E-state index contributed by atoms with van der Waals surface area (Å²) in [4.78, 5) is 14.3. The lowest BCUT2D eigenvalue weighted by molar-refractivity contribution is -0.124. The summed E-state index contributed by atoms with van der Waals surface area (Å²) >= 11 is 0. The van der Waals surface area contributed by atoms with E-state index >= 15 is 0 Å². The fraction of sp³-hybridized carbons (Fsp3) is 0.611. The van der Waals surface area contributed by atoms with Crippen molar-refractivity contribution in [3.8, 4) is 5.75 Å². The summed E-state index contributed by atoms with van der Waals surface area (Å²) in [6, 6.07) is 7.78. The molecule has 0 aromatic heterocycles. The summed E-state index contributed by atoms with van der Waals surface area (Å²) in [6.45, 7) is 3.74. The van der Waals surface area contributed by atoms with Crippen molar-refractivity contribution in [1.29, 1.82) is 0 Å². The molecular weight excluding hydrogens is 292 g/mol. The molecule has 2 N–H and O–H groups in total. The molecular formula is C18H28N2O3. The van der Waals surface area contributed by atoms with E-state index in [-0.39, 0.29) is 18.1 Å². The topological polar surface area (TPSA) is 61.8 Å². The maximum Gasteiger partial charge on any atom is 0.234 e. The lowest BCUT2D eigenvalue weighted by Crippen LogP contribution is -2.50. The van der Waals surface area contributed by atoms with E-state index in [1.54, 1.807) is 7.11 Å². The number of hydrogen-bond acceptors (Lipinski definition) is 4. The molecule has 2 atom stereocenters. The first-order valence-electron chi connectivity index (χ1n) is 8.45. The van der Waals surface area contributed by atoms with Crippen molar-refractivity contribution in [2.45, 2.75) is 51.3 Å². The van der Waals surface area contributed by atoms with Crippen LogP contribution in [0, 0.1) is 0 Å². The number of aliphatic hydroxyl groups is 1. The number of methoxy groups -OCH3 is 1. The van der Waals surface area contributed by atoms with Crippen molar-refractivity contribution in [1.82, 2.24) is 10.2 Å². The Hall–Kier alpha value is -1.59. The van der Waals surface area contributed by atoms with Crippen LogP contribution in [-0.2, 0) is 11.3 Å². The van der Waals surface area contributed by atoms with Crippen LogP contribution in [0.5, 0.6) is 5.75 Å². The van der Waals surface area contributed by atoms with Crippen LogP contribution in [0.25, 0.3) is 0 Å². The molecule has 0 aliphatic carbocycles. The minimum atomic E-state index is -0.343. The Morgan fingerprint density at radius 2 is 2.13 bits per heavy atom.